The largest absolute Gasteiger partial charge is 0.378 e. The first-order valence-electron chi connectivity index (χ1n) is 8.55. The molecule has 0 saturated heterocycles. The Balaban J connectivity index is 1.68. The molecule has 2 saturated carbocycles. The molecule has 0 heterocycles. The number of halogens is 1. The number of unbranched alkanes of at least 4 members (excludes halogenated alkanes) is 4. The number of rotatable bonds is 7. The zero-order chi connectivity index (χ0) is 13.6. The molecule has 2 aliphatic rings. The number of ether oxygens (including phenoxy) is 1. The molecule has 2 atom stereocenters. The van der Waals surface area contributed by atoms with Crippen LogP contribution in [0, 0.1) is 5.41 Å². The first kappa shape index (κ1) is 15.8. The summed E-state index contributed by atoms with van der Waals surface area (Å²) in [5, 5.41) is 0. The van der Waals surface area contributed by atoms with Gasteiger partial charge in [0.2, 0.25) is 0 Å². The van der Waals surface area contributed by atoms with E-state index in [4.69, 9.17) is 4.74 Å². The SMILES string of the molecule is CCCCCCCOC1CC(Br)C12CCCCCC2. The van der Waals surface area contributed by atoms with Gasteiger partial charge in [-0.3, -0.25) is 0 Å². The van der Waals surface area contributed by atoms with Crippen LogP contribution in [0.2, 0.25) is 0 Å². The zero-order valence-electron chi connectivity index (χ0n) is 12.6. The van der Waals surface area contributed by atoms with Crippen LogP contribution in [0.3, 0.4) is 0 Å². The molecule has 2 heteroatoms. The van der Waals surface area contributed by atoms with Crippen molar-refractivity contribution < 1.29 is 4.74 Å². The minimum Gasteiger partial charge on any atom is -0.378 e. The summed E-state index contributed by atoms with van der Waals surface area (Å²) in [4.78, 5) is 0.725. The molecular formula is C17H31BrO. The highest BCUT2D eigenvalue weighted by Crippen LogP contribution is 2.55. The van der Waals surface area contributed by atoms with Crippen molar-refractivity contribution in [3.05, 3.63) is 0 Å². The second-order valence-electron chi connectivity index (χ2n) is 6.62. The van der Waals surface area contributed by atoms with Gasteiger partial charge in [0.05, 0.1) is 6.10 Å². The van der Waals surface area contributed by atoms with Gasteiger partial charge in [-0.25, -0.2) is 0 Å². The fraction of sp³-hybridized carbons (Fsp3) is 1.00. The topological polar surface area (TPSA) is 9.23 Å². The van der Waals surface area contributed by atoms with Crippen LogP contribution in [0.4, 0.5) is 0 Å². The molecule has 0 amide bonds. The predicted molar refractivity (Wildman–Crippen MR) is 86.0 cm³/mol. The first-order chi connectivity index (χ1) is 9.29. The molecule has 0 aromatic heterocycles. The van der Waals surface area contributed by atoms with Crippen molar-refractivity contribution in [2.24, 2.45) is 5.41 Å². The summed E-state index contributed by atoms with van der Waals surface area (Å²) in [6.07, 6.45) is 17.0. The van der Waals surface area contributed by atoms with Gasteiger partial charge in [-0.1, -0.05) is 74.2 Å². The van der Waals surface area contributed by atoms with Crippen molar-refractivity contribution in [1.82, 2.24) is 0 Å². The highest BCUT2D eigenvalue weighted by molar-refractivity contribution is 9.09. The summed E-state index contributed by atoms with van der Waals surface area (Å²) in [6.45, 7) is 3.27. The van der Waals surface area contributed by atoms with E-state index in [1.165, 1.54) is 77.0 Å². The quantitative estimate of drug-likeness (QED) is 0.420. The summed E-state index contributed by atoms with van der Waals surface area (Å²) >= 11 is 3.92. The van der Waals surface area contributed by atoms with Crippen LogP contribution in [-0.2, 0) is 4.74 Å². The van der Waals surface area contributed by atoms with Gasteiger partial charge in [-0.05, 0) is 25.7 Å². The van der Waals surface area contributed by atoms with Crippen molar-refractivity contribution in [2.45, 2.75) is 94.9 Å². The lowest BCUT2D eigenvalue weighted by Gasteiger charge is -2.53. The predicted octanol–water partition coefficient (Wildman–Crippen LogP) is 5.85. The molecule has 112 valence electrons. The Kier molecular flexibility index (Phi) is 6.68. The lowest BCUT2D eigenvalue weighted by atomic mass is 9.61. The second kappa shape index (κ2) is 8.02. The van der Waals surface area contributed by atoms with E-state index < -0.39 is 0 Å². The van der Waals surface area contributed by atoms with E-state index in [-0.39, 0.29) is 0 Å². The maximum absolute atomic E-state index is 6.25. The standard InChI is InChI=1S/C17H31BrO/c1-2-3-4-7-10-13-19-16-14-15(18)17(16)11-8-5-6-9-12-17/h15-16H,2-14H2,1H3. The van der Waals surface area contributed by atoms with Crippen molar-refractivity contribution in [3.8, 4) is 0 Å². The molecule has 0 aromatic rings. The highest BCUT2D eigenvalue weighted by atomic mass is 79.9. The molecule has 2 rings (SSSR count). The third-order valence-corrected chi connectivity index (χ3v) is 6.57. The minimum absolute atomic E-state index is 0.500. The fourth-order valence-corrected chi connectivity index (χ4v) is 4.98. The van der Waals surface area contributed by atoms with Gasteiger partial charge in [0.25, 0.3) is 0 Å². The van der Waals surface area contributed by atoms with Crippen molar-refractivity contribution in [2.75, 3.05) is 6.61 Å². The van der Waals surface area contributed by atoms with E-state index in [1.807, 2.05) is 0 Å². The third kappa shape index (κ3) is 3.97. The van der Waals surface area contributed by atoms with E-state index in [9.17, 15) is 0 Å². The Labute approximate surface area is 128 Å². The Morgan fingerprint density at radius 2 is 1.68 bits per heavy atom. The molecular weight excluding hydrogens is 300 g/mol. The highest BCUT2D eigenvalue weighted by Gasteiger charge is 2.53. The van der Waals surface area contributed by atoms with E-state index in [0.29, 0.717) is 11.5 Å². The molecule has 0 N–H and O–H groups in total. The number of alkyl halides is 1. The van der Waals surface area contributed by atoms with Crippen molar-refractivity contribution in [1.29, 1.82) is 0 Å². The van der Waals surface area contributed by atoms with Crippen molar-refractivity contribution in [3.63, 3.8) is 0 Å². The molecule has 2 aliphatic carbocycles. The van der Waals surface area contributed by atoms with E-state index in [2.05, 4.69) is 22.9 Å². The van der Waals surface area contributed by atoms with Gasteiger partial charge in [-0.2, -0.15) is 0 Å². The monoisotopic (exact) mass is 330 g/mol. The van der Waals surface area contributed by atoms with Gasteiger partial charge in [0.15, 0.2) is 0 Å². The van der Waals surface area contributed by atoms with Gasteiger partial charge in [0.1, 0.15) is 0 Å². The molecule has 1 spiro atoms. The third-order valence-electron chi connectivity index (χ3n) is 5.29. The Bertz CT molecular complexity index is 246. The molecule has 2 unspecified atom stereocenters. The maximum atomic E-state index is 6.25. The number of hydrogen-bond acceptors (Lipinski definition) is 1. The van der Waals surface area contributed by atoms with Gasteiger partial charge in [0, 0.05) is 16.8 Å². The second-order valence-corrected chi connectivity index (χ2v) is 7.73. The lowest BCUT2D eigenvalue weighted by molar-refractivity contribution is -0.112. The molecule has 19 heavy (non-hydrogen) atoms. The van der Waals surface area contributed by atoms with E-state index in [1.54, 1.807) is 0 Å². The van der Waals surface area contributed by atoms with Crippen LogP contribution in [-0.4, -0.2) is 17.5 Å². The van der Waals surface area contributed by atoms with Gasteiger partial charge < -0.3 is 4.74 Å². The maximum Gasteiger partial charge on any atom is 0.0652 e. The van der Waals surface area contributed by atoms with Crippen LogP contribution in [0.1, 0.15) is 84.0 Å². The summed E-state index contributed by atoms with van der Waals surface area (Å²) in [5.74, 6) is 0. The normalized spacial score (nSPS) is 30.0. The molecule has 0 bridgehead atoms. The average molecular weight is 331 g/mol. The lowest BCUT2D eigenvalue weighted by Crippen LogP contribution is -2.55. The molecule has 1 nitrogen and oxygen atoms in total. The molecule has 0 aliphatic heterocycles. The number of hydrogen-bond donors (Lipinski definition) is 0. The van der Waals surface area contributed by atoms with Crippen LogP contribution in [0.25, 0.3) is 0 Å². The van der Waals surface area contributed by atoms with Gasteiger partial charge in [-0.15, -0.1) is 0 Å². The first-order valence-corrected chi connectivity index (χ1v) is 9.47. The van der Waals surface area contributed by atoms with E-state index >= 15 is 0 Å². The van der Waals surface area contributed by atoms with Crippen LogP contribution >= 0.6 is 15.9 Å². The van der Waals surface area contributed by atoms with Gasteiger partial charge >= 0.3 is 0 Å². The average Bonchev–Trinajstić information content (AvgIpc) is 2.69. The Hall–Kier alpha value is 0.440. The van der Waals surface area contributed by atoms with E-state index in [0.717, 1.165) is 11.4 Å². The van der Waals surface area contributed by atoms with Crippen molar-refractivity contribution >= 4 is 15.9 Å². The summed E-state index contributed by atoms with van der Waals surface area (Å²) in [7, 11) is 0. The zero-order valence-corrected chi connectivity index (χ0v) is 14.2. The molecule has 2 fully saturated rings. The minimum atomic E-state index is 0.500. The summed E-state index contributed by atoms with van der Waals surface area (Å²) < 4.78 is 6.25. The summed E-state index contributed by atoms with van der Waals surface area (Å²) in [6, 6.07) is 0. The molecule has 0 aromatic carbocycles. The van der Waals surface area contributed by atoms with Crippen LogP contribution in [0.15, 0.2) is 0 Å². The Morgan fingerprint density at radius 1 is 1.00 bits per heavy atom. The smallest absolute Gasteiger partial charge is 0.0652 e. The summed E-state index contributed by atoms with van der Waals surface area (Å²) in [5.41, 5.74) is 0.500. The fourth-order valence-electron chi connectivity index (χ4n) is 3.89. The Morgan fingerprint density at radius 3 is 2.32 bits per heavy atom. The van der Waals surface area contributed by atoms with Crippen LogP contribution < -0.4 is 0 Å². The molecule has 0 radical (unpaired) electrons. The van der Waals surface area contributed by atoms with Crippen LogP contribution in [0.5, 0.6) is 0 Å².